The number of aryl methyl sites for hydroxylation is 1. The average Bonchev–Trinajstić information content (AvgIpc) is 3.43. The molecule has 0 saturated carbocycles. The van der Waals surface area contributed by atoms with Gasteiger partial charge in [-0.2, -0.15) is 0 Å². The number of hydrogen-bond donors (Lipinski definition) is 0. The highest BCUT2D eigenvalue weighted by atomic mass is 32.1. The molecular formula is C25H23N3O5S. The van der Waals surface area contributed by atoms with Crippen molar-refractivity contribution in [1.82, 2.24) is 10.2 Å². The van der Waals surface area contributed by atoms with Crippen LogP contribution in [0.25, 0.3) is 11.0 Å². The number of rotatable bonds is 7. The second-order valence-corrected chi connectivity index (χ2v) is 8.72. The summed E-state index contributed by atoms with van der Waals surface area (Å²) >= 11 is 1.33. The second kappa shape index (κ2) is 8.90. The third-order valence-corrected chi connectivity index (χ3v) is 6.69. The van der Waals surface area contributed by atoms with Gasteiger partial charge in [-0.3, -0.25) is 14.5 Å². The molecule has 1 amide bonds. The van der Waals surface area contributed by atoms with E-state index in [1.165, 1.54) is 16.2 Å². The minimum Gasteiger partial charge on any atom is -0.494 e. The molecule has 3 heterocycles. The highest BCUT2D eigenvalue weighted by Gasteiger charge is 2.45. The highest BCUT2D eigenvalue weighted by molar-refractivity contribution is 7.15. The Morgan fingerprint density at radius 3 is 2.35 bits per heavy atom. The monoisotopic (exact) mass is 477 g/mol. The first-order valence-electron chi connectivity index (χ1n) is 11.2. The molecule has 174 valence electrons. The molecule has 0 bridgehead atoms. The lowest BCUT2D eigenvalue weighted by molar-refractivity contribution is 0.0970. The summed E-state index contributed by atoms with van der Waals surface area (Å²) in [7, 11) is 0. The third-order valence-electron chi connectivity index (χ3n) is 5.63. The SMILES string of the molecule is CCOc1ccc(C2c3c(oc4cc(OCC)ccc4c3=O)C(=O)N2c2nnc(CC)s2)cc1. The van der Waals surface area contributed by atoms with Crippen LogP contribution < -0.4 is 19.8 Å². The molecule has 5 rings (SSSR count). The quantitative estimate of drug-likeness (QED) is 0.379. The van der Waals surface area contributed by atoms with Gasteiger partial charge in [-0.1, -0.05) is 30.4 Å². The predicted molar refractivity (Wildman–Crippen MR) is 129 cm³/mol. The minimum absolute atomic E-state index is 0.0123. The van der Waals surface area contributed by atoms with Crippen molar-refractivity contribution in [3.63, 3.8) is 0 Å². The van der Waals surface area contributed by atoms with Gasteiger partial charge in [0, 0.05) is 6.07 Å². The van der Waals surface area contributed by atoms with E-state index >= 15 is 0 Å². The molecular weight excluding hydrogens is 454 g/mol. The van der Waals surface area contributed by atoms with Crippen molar-refractivity contribution in [2.75, 3.05) is 18.1 Å². The maximum absolute atomic E-state index is 13.7. The summed E-state index contributed by atoms with van der Waals surface area (Å²) in [5.41, 5.74) is 1.09. The molecule has 0 N–H and O–H groups in total. The van der Waals surface area contributed by atoms with Crippen molar-refractivity contribution < 1.29 is 18.7 Å². The molecule has 0 aliphatic carbocycles. The van der Waals surface area contributed by atoms with Crippen LogP contribution in [0.3, 0.4) is 0 Å². The lowest BCUT2D eigenvalue weighted by Gasteiger charge is -2.22. The zero-order valence-corrected chi connectivity index (χ0v) is 19.8. The fourth-order valence-electron chi connectivity index (χ4n) is 4.12. The zero-order chi connectivity index (χ0) is 23.8. The summed E-state index contributed by atoms with van der Waals surface area (Å²) in [5, 5.41) is 10.0. The van der Waals surface area contributed by atoms with E-state index in [0.717, 1.165) is 10.6 Å². The minimum atomic E-state index is -0.692. The molecule has 0 radical (unpaired) electrons. The van der Waals surface area contributed by atoms with E-state index in [2.05, 4.69) is 10.2 Å². The number of carbonyl (C=O) groups excluding carboxylic acids is 1. The van der Waals surface area contributed by atoms with Crippen LogP contribution in [0.15, 0.2) is 51.7 Å². The summed E-state index contributed by atoms with van der Waals surface area (Å²) in [6.45, 7) is 6.78. The van der Waals surface area contributed by atoms with Crippen molar-refractivity contribution in [2.24, 2.45) is 0 Å². The summed E-state index contributed by atoms with van der Waals surface area (Å²) < 4.78 is 17.1. The fourth-order valence-corrected chi connectivity index (χ4v) is 4.92. The Kier molecular flexibility index (Phi) is 5.79. The molecule has 4 aromatic rings. The van der Waals surface area contributed by atoms with Gasteiger partial charge in [0.2, 0.25) is 10.9 Å². The molecule has 1 unspecified atom stereocenters. The first-order valence-corrected chi connectivity index (χ1v) is 12.0. The number of anilines is 1. The molecule has 0 fully saturated rings. The van der Waals surface area contributed by atoms with Crippen molar-refractivity contribution in [3.05, 3.63) is 74.6 Å². The number of aromatic nitrogens is 2. The van der Waals surface area contributed by atoms with Crippen LogP contribution in [0.4, 0.5) is 5.13 Å². The lowest BCUT2D eigenvalue weighted by Crippen LogP contribution is -2.29. The average molecular weight is 478 g/mol. The predicted octanol–water partition coefficient (Wildman–Crippen LogP) is 4.75. The van der Waals surface area contributed by atoms with Crippen LogP contribution in [0.1, 0.15) is 53.5 Å². The van der Waals surface area contributed by atoms with Gasteiger partial charge in [-0.15, -0.1) is 10.2 Å². The van der Waals surface area contributed by atoms with Crippen molar-refractivity contribution in [3.8, 4) is 11.5 Å². The normalized spacial score (nSPS) is 15.1. The maximum Gasteiger partial charge on any atom is 0.297 e. The number of amides is 1. The van der Waals surface area contributed by atoms with Crippen molar-refractivity contribution in [1.29, 1.82) is 0 Å². The maximum atomic E-state index is 13.7. The van der Waals surface area contributed by atoms with Gasteiger partial charge in [-0.25, -0.2) is 0 Å². The number of fused-ring (bicyclic) bond motifs is 2. The standard InChI is InChI=1S/C25H23N3O5S/c1-4-19-26-27-25(34-19)28-21(14-7-9-15(10-8-14)31-5-2)20-22(29)17-12-11-16(32-6-3)13-18(17)33-23(20)24(28)30/h7-13,21H,4-6H2,1-3H3. The smallest absolute Gasteiger partial charge is 0.297 e. The summed E-state index contributed by atoms with van der Waals surface area (Å²) in [5.74, 6) is 0.868. The Hall–Kier alpha value is -3.72. The topological polar surface area (TPSA) is 94.8 Å². The van der Waals surface area contributed by atoms with E-state index < -0.39 is 11.9 Å². The summed E-state index contributed by atoms with van der Waals surface area (Å²) in [6, 6.07) is 11.7. The zero-order valence-electron chi connectivity index (χ0n) is 19.0. The van der Waals surface area contributed by atoms with E-state index in [-0.39, 0.29) is 11.2 Å². The Bertz CT molecular complexity index is 1430. The number of carbonyl (C=O) groups is 1. The fraction of sp³-hybridized carbons (Fsp3) is 0.280. The lowest BCUT2D eigenvalue weighted by atomic mass is 9.98. The molecule has 34 heavy (non-hydrogen) atoms. The Morgan fingerprint density at radius 2 is 1.68 bits per heavy atom. The summed E-state index contributed by atoms with van der Waals surface area (Å²) in [4.78, 5) is 28.8. The number of ether oxygens (including phenoxy) is 2. The largest absolute Gasteiger partial charge is 0.494 e. The molecule has 1 atom stereocenters. The first-order chi connectivity index (χ1) is 16.5. The van der Waals surface area contributed by atoms with E-state index in [9.17, 15) is 9.59 Å². The number of hydrogen-bond acceptors (Lipinski definition) is 8. The summed E-state index contributed by atoms with van der Waals surface area (Å²) in [6.07, 6.45) is 0.696. The molecule has 1 aliphatic heterocycles. The van der Waals surface area contributed by atoms with E-state index in [4.69, 9.17) is 13.9 Å². The van der Waals surface area contributed by atoms with Crippen LogP contribution in [0, 0.1) is 0 Å². The molecule has 2 aromatic carbocycles. The van der Waals surface area contributed by atoms with Gasteiger partial charge in [0.05, 0.1) is 30.2 Å². The molecule has 0 saturated heterocycles. The van der Waals surface area contributed by atoms with Crippen LogP contribution in [-0.4, -0.2) is 29.3 Å². The van der Waals surface area contributed by atoms with Gasteiger partial charge in [0.25, 0.3) is 5.91 Å². The third kappa shape index (κ3) is 3.62. The van der Waals surface area contributed by atoms with Gasteiger partial charge in [0.1, 0.15) is 22.1 Å². The molecule has 0 spiro atoms. The van der Waals surface area contributed by atoms with E-state index in [1.54, 1.807) is 18.2 Å². The van der Waals surface area contributed by atoms with Gasteiger partial charge >= 0.3 is 0 Å². The van der Waals surface area contributed by atoms with Crippen LogP contribution in [0.5, 0.6) is 11.5 Å². The van der Waals surface area contributed by atoms with Gasteiger partial charge in [-0.05, 0) is 50.1 Å². The Morgan fingerprint density at radius 1 is 0.971 bits per heavy atom. The number of nitrogens with zero attached hydrogens (tertiary/aromatic N) is 3. The molecule has 8 nitrogen and oxygen atoms in total. The van der Waals surface area contributed by atoms with Crippen molar-refractivity contribution >= 4 is 33.3 Å². The van der Waals surface area contributed by atoms with E-state index in [1.807, 2.05) is 45.0 Å². The molecule has 2 aromatic heterocycles. The molecule has 9 heteroatoms. The van der Waals surface area contributed by atoms with Gasteiger partial charge in [0.15, 0.2) is 5.43 Å². The first kappa shape index (κ1) is 22.1. The van der Waals surface area contributed by atoms with Gasteiger partial charge < -0.3 is 13.9 Å². The van der Waals surface area contributed by atoms with Crippen molar-refractivity contribution in [2.45, 2.75) is 33.2 Å². The highest BCUT2D eigenvalue weighted by Crippen LogP contribution is 2.42. The van der Waals surface area contributed by atoms with Crippen LogP contribution in [-0.2, 0) is 6.42 Å². The van der Waals surface area contributed by atoms with E-state index in [0.29, 0.717) is 52.8 Å². The number of benzene rings is 2. The van der Waals surface area contributed by atoms with Crippen LogP contribution in [0.2, 0.25) is 0 Å². The Balaban J connectivity index is 1.71. The van der Waals surface area contributed by atoms with Crippen LogP contribution >= 0.6 is 11.3 Å². The Labute approximate surface area is 199 Å². The second-order valence-electron chi connectivity index (χ2n) is 7.68. The molecule has 1 aliphatic rings.